The van der Waals surface area contributed by atoms with Gasteiger partial charge in [-0.25, -0.2) is 0 Å². The maximum Gasteiger partial charge on any atom is 0.123 e. The third-order valence-corrected chi connectivity index (χ3v) is 3.56. The summed E-state index contributed by atoms with van der Waals surface area (Å²) in [6.45, 7) is 3.44. The first-order chi connectivity index (χ1) is 8.81. The number of nitrogens with one attached hydrogen (secondary N) is 1. The molecule has 0 radical (unpaired) electrons. The number of hydrogen-bond acceptors (Lipinski definition) is 3. The molecule has 2 N–H and O–H groups in total. The van der Waals surface area contributed by atoms with E-state index >= 15 is 0 Å². The number of ether oxygens (including phenoxy) is 1. The Hall–Kier alpha value is -1.06. The molecule has 2 unspecified atom stereocenters. The van der Waals surface area contributed by atoms with Crippen LogP contribution in [0.2, 0.25) is 0 Å². The minimum atomic E-state index is -0.196. The number of para-hydroxylation sites is 1. The molecule has 100 valence electrons. The highest BCUT2D eigenvalue weighted by Crippen LogP contribution is 2.21. The quantitative estimate of drug-likeness (QED) is 0.842. The van der Waals surface area contributed by atoms with Crippen LogP contribution in [0.3, 0.4) is 0 Å². The molecule has 1 fully saturated rings. The maximum atomic E-state index is 9.93. The van der Waals surface area contributed by atoms with E-state index < -0.39 is 0 Å². The SMILES string of the molecule is CCOc1ccccc1CNC1CCCCC1O. The van der Waals surface area contributed by atoms with Gasteiger partial charge < -0.3 is 15.2 Å². The van der Waals surface area contributed by atoms with Crippen molar-refractivity contribution < 1.29 is 9.84 Å². The van der Waals surface area contributed by atoms with Gasteiger partial charge in [-0.05, 0) is 25.8 Å². The average molecular weight is 249 g/mol. The van der Waals surface area contributed by atoms with Gasteiger partial charge in [-0.2, -0.15) is 0 Å². The monoisotopic (exact) mass is 249 g/mol. The lowest BCUT2D eigenvalue weighted by Gasteiger charge is -2.28. The minimum Gasteiger partial charge on any atom is -0.494 e. The van der Waals surface area contributed by atoms with Crippen LogP contribution in [0.25, 0.3) is 0 Å². The predicted molar refractivity (Wildman–Crippen MR) is 72.7 cm³/mol. The molecule has 0 amide bonds. The third kappa shape index (κ3) is 3.47. The lowest BCUT2D eigenvalue weighted by Crippen LogP contribution is -2.41. The summed E-state index contributed by atoms with van der Waals surface area (Å²) in [5.41, 5.74) is 1.16. The molecule has 0 spiro atoms. The van der Waals surface area contributed by atoms with Gasteiger partial charge >= 0.3 is 0 Å². The van der Waals surface area contributed by atoms with Crippen LogP contribution in [-0.4, -0.2) is 23.9 Å². The fraction of sp³-hybridized carbons (Fsp3) is 0.600. The van der Waals surface area contributed by atoms with E-state index in [-0.39, 0.29) is 12.1 Å². The van der Waals surface area contributed by atoms with Crippen molar-refractivity contribution in [2.45, 2.75) is 51.3 Å². The Labute approximate surface area is 109 Å². The van der Waals surface area contributed by atoms with Crippen LogP contribution in [0.1, 0.15) is 38.2 Å². The standard InChI is InChI=1S/C15H23NO2/c1-2-18-15-10-6-3-7-12(15)11-16-13-8-4-5-9-14(13)17/h3,6-7,10,13-14,16-17H,2,4-5,8-9,11H2,1H3. The molecule has 2 atom stereocenters. The fourth-order valence-electron chi connectivity index (χ4n) is 2.54. The zero-order valence-electron chi connectivity index (χ0n) is 11.1. The molecule has 3 nitrogen and oxygen atoms in total. The maximum absolute atomic E-state index is 9.93. The molecule has 1 aliphatic carbocycles. The summed E-state index contributed by atoms with van der Waals surface area (Å²) in [7, 11) is 0. The van der Waals surface area contributed by atoms with Gasteiger partial charge in [0.25, 0.3) is 0 Å². The molecule has 3 heteroatoms. The van der Waals surface area contributed by atoms with Crippen LogP contribution >= 0.6 is 0 Å². The van der Waals surface area contributed by atoms with Crippen molar-refractivity contribution >= 4 is 0 Å². The van der Waals surface area contributed by atoms with E-state index in [0.717, 1.165) is 37.1 Å². The lowest BCUT2D eigenvalue weighted by atomic mass is 9.92. The molecular weight excluding hydrogens is 226 g/mol. The molecule has 1 saturated carbocycles. The van der Waals surface area contributed by atoms with E-state index in [2.05, 4.69) is 11.4 Å². The van der Waals surface area contributed by atoms with Crippen LogP contribution in [0.5, 0.6) is 5.75 Å². The van der Waals surface area contributed by atoms with Gasteiger partial charge in [-0.15, -0.1) is 0 Å². The van der Waals surface area contributed by atoms with Crippen molar-refractivity contribution in [2.24, 2.45) is 0 Å². The van der Waals surface area contributed by atoms with Crippen molar-refractivity contribution in [3.8, 4) is 5.75 Å². The molecule has 1 aromatic rings. The number of aliphatic hydroxyl groups is 1. The highest BCUT2D eigenvalue weighted by Gasteiger charge is 2.22. The summed E-state index contributed by atoms with van der Waals surface area (Å²) in [6.07, 6.45) is 4.15. The Bertz CT molecular complexity index is 367. The van der Waals surface area contributed by atoms with E-state index in [4.69, 9.17) is 4.74 Å². The smallest absolute Gasteiger partial charge is 0.123 e. The first-order valence-corrected chi connectivity index (χ1v) is 6.93. The third-order valence-electron chi connectivity index (χ3n) is 3.56. The zero-order chi connectivity index (χ0) is 12.8. The highest BCUT2D eigenvalue weighted by atomic mass is 16.5. The van der Waals surface area contributed by atoms with E-state index in [9.17, 15) is 5.11 Å². The summed E-state index contributed by atoms with van der Waals surface area (Å²) >= 11 is 0. The Morgan fingerprint density at radius 1 is 1.28 bits per heavy atom. The second kappa shape index (κ2) is 6.76. The van der Waals surface area contributed by atoms with Crippen LogP contribution < -0.4 is 10.1 Å². The van der Waals surface area contributed by atoms with E-state index in [0.29, 0.717) is 6.61 Å². The topological polar surface area (TPSA) is 41.5 Å². The molecule has 0 aromatic heterocycles. The van der Waals surface area contributed by atoms with E-state index in [1.54, 1.807) is 0 Å². The Morgan fingerprint density at radius 3 is 2.83 bits per heavy atom. The fourth-order valence-corrected chi connectivity index (χ4v) is 2.54. The van der Waals surface area contributed by atoms with Crippen LogP contribution in [0.15, 0.2) is 24.3 Å². The van der Waals surface area contributed by atoms with Crippen molar-refractivity contribution in [1.29, 1.82) is 0 Å². The summed E-state index contributed by atoms with van der Waals surface area (Å²) in [5.74, 6) is 0.942. The minimum absolute atomic E-state index is 0.196. The molecule has 0 bridgehead atoms. The van der Waals surface area contributed by atoms with Crippen LogP contribution in [0.4, 0.5) is 0 Å². The first kappa shape index (κ1) is 13.4. The van der Waals surface area contributed by atoms with Gasteiger partial charge in [0.2, 0.25) is 0 Å². The molecule has 0 aliphatic heterocycles. The molecule has 18 heavy (non-hydrogen) atoms. The lowest BCUT2D eigenvalue weighted by molar-refractivity contribution is 0.0901. The van der Waals surface area contributed by atoms with E-state index in [1.165, 1.54) is 6.42 Å². The van der Waals surface area contributed by atoms with Gasteiger partial charge in [-0.1, -0.05) is 31.0 Å². The van der Waals surface area contributed by atoms with Crippen molar-refractivity contribution in [2.75, 3.05) is 6.61 Å². The summed E-state index contributed by atoms with van der Waals surface area (Å²) in [6, 6.07) is 8.32. The second-order valence-electron chi connectivity index (χ2n) is 4.88. The Kier molecular flexibility index (Phi) is 5.02. The number of hydrogen-bond donors (Lipinski definition) is 2. The number of rotatable bonds is 5. The van der Waals surface area contributed by atoms with Crippen molar-refractivity contribution in [1.82, 2.24) is 5.32 Å². The number of aliphatic hydroxyl groups excluding tert-OH is 1. The molecule has 0 saturated heterocycles. The molecule has 2 rings (SSSR count). The van der Waals surface area contributed by atoms with Gasteiger partial charge in [0.05, 0.1) is 12.7 Å². The Morgan fingerprint density at radius 2 is 2.06 bits per heavy atom. The summed E-state index contributed by atoms with van der Waals surface area (Å²) < 4.78 is 5.60. The van der Waals surface area contributed by atoms with Gasteiger partial charge in [0.1, 0.15) is 5.75 Å². The predicted octanol–water partition coefficient (Wildman–Crippen LogP) is 2.48. The molecule has 0 heterocycles. The van der Waals surface area contributed by atoms with E-state index in [1.807, 2.05) is 25.1 Å². The van der Waals surface area contributed by atoms with Crippen LogP contribution in [0, 0.1) is 0 Å². The molecular formula is C15H23NO2. The average Bonchev–Trinajstić information content (AvgIpc) is 2.40. The molecule has 1 aromatic carbocycles. The van der Waals surface area contributed by atoms with Gasteiger partial charge in [0.15, 0.2) is 0 Å². The van der Waals surface area contributed by atoms with Gasteiger partial charge in [-0.3, -0.25) is 0 Å². The highest BCUT2D eigenvalue weighted by molar-refractivity contribution is 5.33. The molecule has 1 aliphatic rings. The largest absolute Gasteiger partial charge is 0.494 e. The van der Waals surface area contributed by atoms with Crippen molar-refractivity contribution in [3.05, 3.63) is 29.8 Å². The van der Waals surface area contributed by atoms with Gasteiger partial charge in [0, 0.05) is 18.2 Å². The van der Waals surface area contributed by atoms with Crippen molar-refractivity contribution in [3.63, 3.8) is 0 Å². The number of benzene rings is 1. The normalized spacial score (nSPS) is 23.9. The Balaban J connectivity index is 1.92. The summed E-state index contributed by atoms with van der Waals surface area (Å²) in [5, 5.41) is 13.4. The zero-order valence-corrected chi connectivity index (χ0v) is 11.1. The van der Waals surface area contributed by atoms with Crippen LogP contribution in [-0.2, 0) is 6.54 Å². The summed E-state index contributed by atoms with van der Waals surface area (Å²) in [4.78, 5) is 0. The second-order valence-corrected chi connectivity index (χ2v) is 4.88. The first-order valence-electron chi connectivity index (χ1n) is 6.93.